The molecule has 0 bridgehead atoms. The van der Waals surface area contributed by atoms with E-state index < -0.39 is 0 Å². The van der Waals surface area contributed by atoms with E-state index in [4.69, 9.17) is 4.74 Å². The summed E-state index contributed by atoms with van der Waals surface area (Å²) in [6, 6.07) is 0. The van der Waals surface area contributed by atoms with Crippen LogP contribution < -0.4 is 0 Å². The zero-order chi connectivity index (χ0) is 9.56. The maximum Gasteiger partial charge on any atom is 0.0567 e. The van der Waals surface area contributed by atoms with E-state index >= 15 is 0 Å². The second kappa shape index (κ2) is 6.21. The summed E-state index contributed by atoms with van der Waals surface area (Å²) in [5, 5.41) is 9.48. The molecule has 0 amide bonds. The molecule has 0 rings (SSSR count). The predicted molar refractivity (Wildman–Crippen MR) is 51.1 cm³/mol. The van der Waals surface area contributed by atoms with Gasteiger partial charge < -0.3 is 9.84 Å². The zero-order valence-corrected chi connectivity index (χ0v) is 8.34. The minimum Gasteiger partial charge on any atom is -0.393 e. The minimum atomic E-state index is -0.253. The first-order chi connectivity index (χ1) is 5.56. The summed E-state index contributed by atoms with van der Waals surface area (Å²) in [5.41, 5.74) is 1.12. The SMILES string of the molecule is C=C(C)CCC(O)CC(C)OC. The average Bonchev–Trinajstić information content (AvgIpc) is 2.00. The van der Waals surface area contributed by atoms with E-state index in [1.165, 1.54) is 0 Å². The molecular formula is C10H20O2. The molecule has 0 saturated heterocycles. The Morgan fingerprint density at radius 1 is 1.58 bits per heavy atom. The van der Waals surface area contributed by atoms with Gasteiger partial charge in [-0.25, -0.2) is 0 Å². The molecular weight excluding hydrogens is 152 g/mol. The third-order valence-electron chi connectivity index (χ3n) is 1.91. The molecule has 0 spiro atoms. The van der Waals surface area contributed by atoms with E-state index in [2.05, 4.69) is 6.58 Å². The Hall–Kier alpha value is -0.340. The molecule has 72 valence electrons. The van der Waals surface area contributed by atoms with E-state index in [9.17, 15) is 5.11 Å². The number of aliphatic hydroxyl groups is 1. The van der Waals surface area contributed by atoms with Crippen molar-refractivity contribution < 1.29 is 9.84 Å². The Morgan fingerprint density at radius 2 is 2.17 bits per heavy atom. The highest BCUT2D eigenvalue weighted by molar-refractivity contribution is 4.88. The van der Waals surface area contributed by atoms with Crippen molar-refractivity contribution in [1.29, 1.82) is 0 Å². The van der Waals surface area contributed by atoms with Crippen molar-refractivity contribution in [3.8, 4) is 0 Å². The van der Waals surface area contributed by atoms with Crippen LogP contribution in [0, 0.1) is 0 Å². The Bertz CT molecular complexity index is 132. The highest BCUT2D eigenvalue weighted by Crippen LogP contribution is 2.10. The molecule has 2 atom stereocenters. The first kappa shape index (κ1) is 11.7. The van der Waals surface area contributed by atoms with Crippen LogP contribution in [-0.4, -0.2) is 24.4 Å². The normalized spacial score (nSPS) is 15.7. The molecule has 0 saturated carbocycles. The average molecular weight is 172 g/mol. The summed E-state index contributed by atoms with van der Waals surface area (Å²) in [4.78, 5) is 0. The predicted octanol–water partition coefficient (Wildman–Crippen LogP) is 2.13. The van der Waals surface area contributed by atoms with Gasteiger partial charge in [0.2, 0.25) is 0 Å². The van der Waals surface area contributed by atoms with Crippen LogP contribution in [-0.2, 0) is 4.74 Å². The molecule has 0 aromatic carbocycles. The third-order valence-corrected chi connectivity index (χ3v) is 1.91. The molecule has 12 heavy (non-hydrogen) atoms. The van der Waals surface area contributed by atoms with Gasteiger partial charge in [-0.05, 0) is 33.1 Å². The first-order valence-electron chi connectivity index (χ1n) is 4.41. The van der Waals surface area contributed by atoms with E-state index in [1.54, 1.807) is 7.11 Å². The lowest BCUT2D eigenvalue weighted by atomic mass is 10.1. The quantitative estimate of drug-likeness (QED) is 0.622. The summed E-state index contributed by atoms with van der Waals surface area (Å²) in [6.45, 7) is 7.72. The fraction of sp³-hybridized carbons (Fsp3) is 0.800. The Morgan fingerprint density at radius 3 is 2.58 bits per heavy atom. The van der Waals surface area contributed by atoms with Gasteiger partial charge in [-0.2, -0.15) is 0 Å². The number of aliphatic hydroxyl groups excluding tert-OH is 1. The van der Waals surface area contributed by atoms with Crippen LogP contribution in [0.5, 0.6) is 0 Å². The van der Waals surface area contributed by atoms with Gasteiger partial charge in [0.05, 0.1) is 12.2 Å². The maximum absolute atomic E-state index is 9.48. The smallest absolute Gasteiger partial charge is 0.0567 e. The van der Waals surface area contributed by atoms with Gasteiger partial charge in [0.15, 0.2) is 0 Å². The lowest BCUT2D eigenvalue weighted by molar-refractivity contribution is 0.0530. The van der Waals surface area contributed by atoms with Crippen LogP contribution in [0.2, 0.25) is 0 Å². The van der Waals surface area contributed by atoms with E-state index in [0.29, 0.717) is 6.42 Å². The molecule has 0 radical (unpaired) electrons. The molecule has 0 aliphatic heterocycles. The van der Waals surface area contributed by atoms with Crippen molar-refractivity contribution in [2.24, 2.45) is 0 Å². The molecule has 2 nitrogen and oxygen atoms in total. The van der Waals surface area contributed by atoms with Crippen molar-refractivity contribution in [2.75, 3.05) is 7.11 Å². The summed E-state index contributed by atoms with van der Waals surface area (Å²) < 4.78 is 5.05. The fourth-order valence-electron chi connectivity index (χ4n) is 1.01. The monoisotopic (exact) mass is 172 g/mol. The third kappa shape index (κ3) is 6.38. The Kier molecular flexibility index (Phi) is 6.03. The van der Waals surface area contributed by atoms with Crippen LogP contribution in [0.25, 0.3) is 0 Å². The largest absolute Gasteiger partial charge is 0.393 e. The zero-order valence-electron chi connectivity index (χ0n) is 8.34. The van der Waals surface area contributed by atoms with Crippen LogP contribution in [0.4, 0.5) is 0 Å². The highest BCUT2D eigenvalue weighted by Gasteiger charge is 2.08. The van der Waals surface area contributed by atoms with Crippen LogP contribution >= 0.6 is 0 Å². The van der Waals surface area contributed by atoms with Gasteiger partial charge in [0.1, 0.15) is 0 Å². The molecule has 2 heteroatoms. The summed E-state index contributed by atoms with van der Waals surface area (Å²) in [5.74, 6) is 0. The standard InChI is InChI=1S/C10H20O2/c1-8(2)5-6-10(11)7-9(3)12-4/h9-11H,1,5-7H2,2-4H3. The Balaban J connectivity index is 3.45. The van der Waals surface area contributed by atoms with E-state index in [0.717, 1.165) is 18.4 Å². The number of hydrogen-bond donors (Lipinski definition) is 1. The van der Waals surface area contributed by atoms with Gasteiger partial charge >= 0.3 is 0 Å². The molecule has 2 unspecified atom stereocenters. The van der Waals surface area contributed by atoms with Crippen LogP contribution in [0.3, 0.4) is 0 Å². The van der Waals surface area contributed by atoms with Crippen molar-refractivity contribution >= 4 is 0 Å². The maximum atomic E-state index is 9.48. The molecule has 0 fully saturated rings. The van der Waals surface area contributed by atoms with E-state index in [-0.39, 0.29) is 12.2 Å². The topological polar surface area (TPSA) is 29.5 Å². The second-order valence-corrected chi connectivity index (χ2v) is 3.43. The fourth-order valence-corrected chi connectivity index (χ4v) is 1.01. The lowest BCUT2D eigenvalue weighted by Gasteiger charge is -2.14. The summed E-state index contributed by atoms with van der Waals surface area (Å²) in [6.07, 6.45) is 2.30. The van der Waals surface area contributed by atoms with Gasteiger partial charge in [-0.3, -0.25) is 0 Å². The van der Waals surface area contributed by atoms with Gasteiger partial charge in [0, 0.05) is 7.11 Å². The molecule has 0 aromatic rings. The summed E-state index contributed by atoms with van der Waals surface area (Å²) in [7, 11) is 1.66. The van der Waals surface area contributed by atoms with Gasteiger partial charge in [0.25, 0.3) is 0 Å². The Labute approximate surface area is 75.2 Å². The van der Waals surface area contributed by atoms with Crippen LogP contribution in [0.15, 0.2) is 12.2 Å². The van der Waals surface area contributed by atoms with Crippen molar-refractivity contribution in [3.63, 3.8) is 0 Å². The molecule has 0 aliphatic carbocycles. The number of rotatable bonds is 6. The molecule has 0 heterocycles. The number of hydrogen-bond acceptors (Lipinski definition) is 2. The van der Waals surface area contributed by atoms with Crippen molar-refractivity contribution in [3.05, 3.63) is 12.2 Å². The molecule has 0 aliphatic rings. The van der Waals surface area contributed by atoms with Gasteiger partial charge in [-0.1, -0.05) is 5.57 Å². The molecule has 1 N–H and O–H groups in total. The molecule has 0 aromatic heterocycles. The van der Waals surface area contributed by atoms with E-state index in [1.807, 2.05) is 13.8 Å². The summed E-state index contributed by atoms with van der Waals surface area (Å²) >= 11 is 0. The van der Waals surface area contributed by atoms with Crippen molar-refractivity contribution in [2.45, 2.75) is 45.3 Å². The minimum absolute atomic E-state index is 0.144. The number of allylic oxidation sites excluding steroid dienone is 1. The van der Waals surface area contributed by atoms with Crippen molar-refractivity contribution in [1.82, 2.24) is 0 Å². The first-order valence-corrected chi connectivity index (χ1v) is 4.41. The van der Waals surface area contributed by atoms with Crippen LogP contribution in [0.1, 0.15) is 33.1 Å². The number of ether oxygens (including phenoxy) is 1. The number of methoxy groups -OCH3 is 1. The second-order valence-electron chi connectivity index (χ2n) is 3.43. The lowest BCUT2D eigenvalue weighted by Crippen LogP contribution is -2.16. The highest BCUT2D eigenvalue weighted by atomic mass is 16.5. The van der Waals surface area contributed by atoms with Gasteiger partial charge in [-0.15, -0.1) is 6.58 Å².